The van der Waals surface area contributed by atoms with Gasteiger partial charge in [-0.3, -0.25) is 4.79 Å². The number of amides is 1. The van der Waals surface area contributed by atoms with E-state index in [4.69, 9.17) is 5.73 Å². The summed E-state index contributed by atoms with van der Waals surface area (Å²) in [6.07, 6.45) is 0. The van der Waals surface area contributed by atoms with E-state index in [9.17, 15) is 18.0 Å². The summed E-state index contributed by atoms with van der Waals surface area (Å²) in [5, 5.41) is 2.32. The van der Waals surface area contributed by atoms with Crippen molar-refractivity contribution in [3.8, 4) is 0 Å². The molecule has 0 aliphatic rings. The van der Waals surface area contributed by atoms with Gasteiger partial charge in [0.15, 0.2) is 0 Å². The van der Waals surface area contributed by atoms with Crippen LogP contribution in [0.25, 0.3) is 0 Å². The summed E-state index contributed by atoms with van der Waals surface area (Å²) >= 11 is -0.186. The molecule has 0 bridgehead atoms. The van der Waals surface area contributed by atoms with Gasteiger partial charge in [0, 0.05) is 12.3 Å². The largest absolute Gasteiger partial charge is 0.441 e. The van der Waals surface area contributed by atoms with Crippen LogP contribution in [0.2, 0.25) is 0 Å². The topological polar surface area (TPSA) is 68.0 Å². The second-order valence-corrected chi connectivity index (χ2v) is 4.16. The molecule has 17 heavy (non-hydrogen) atoms. The number of rotatable bonds is 4. The molecule has 0 atom stereocenters. The molecular weight excluding hydrogens is 255 g/mol. The molecule has 8 heteroatoms. The lowest BCUT2D eigenvalue weighted by molar-refractivity contribution is -0.0327. The van der Waals surface area contributed by atoms with Gasteiger partial charge in [-0.25, -0.2) is 4.98 Å². The highest BCUT2D eigenvalue weighted by molar-refractivity contribution is 8.00. The zero-order valence-corrected chi connectivity index (χ0v) is 9.44. The second-order valence-electron chi connectivity index (χ2n) is 3.00. The van der Waals surface area contributed by atoms with Crippen molar-refractivity contribution in [3.05, 3.63) is 23.9 Å². The van der Waals surface area contributed by atoms with Gasteiger partial charge in [-0.2, -0.15) is 13.2 Å². The van der Waals surface area contributed by atoms with Crippen LogP contribution in [0.15, 0.2) is 18.2 Å². The lowest BCUT2D eigenvalue weighted by atomic mass is 10.3. The maximum absolute atomic E-state index is 11.8. The third-order valence-electron chi connectivity index (χ3n) is 1.66. The maximum atomic E-state index is 11.8. The molecule has 3 N–H and O–H groups in total. The van der Waals surface area contributed by atoms with Crippen molar-refractivity contribution >= 4 is 23.5 Å². The summed E-state index contributed by atoms with van der Waals surface area (Å²) < 4.78 is 35.3. The van der Waals surface area contributed by atoms with Crippen LogP contribution in [0.1, 0.15) is 10.5 Å². The maximum Gasteiger partial charge on any atom is 0.441 e. The van der Waals surface area contributed by atoms with Gasteiger partial charge in [-0.15, -0.1) is 0 Å². The van der Waals surface area contributed by atoms with Gasteiger partial charge < -0.3 is 11.1 Å². The van der Waals surface area contributed by atoms with E-state index in [2.05, 4.69) is 10.3 Å². The lowest BCUT2D eigenvalue weighted by Gasteiger charge is -2.06. The van der Waals surface area contributed by atoms with Crippen LogP contribution >= 0.6 is 11.8 Å². The van der Waals surface area contributed by atoms with Gasteiger partial charge in [0.25, 0.3) is 5.91 Å². The molecule has 1 heterocycles. The highest BCUT2D eigenvalue weighted by atomic mass is 32.2. The Bertz CT molecular complexity index is 397. The Kier molecular flexibility index (Phi) is 4.62. The zero-order chi connectivity index (χ0) is 12.9. The van der Waals surface area contributed by atoms with E-state index in [0.29, 0.717) is 0 Å². The summed E-state index contributed by atoms with van der Waals surface area (Å²) in [4.78, 5) is 15.1. The minimum absolute atomic E-state index is 0.0838. The quantitative estimate of drug-likeness (QED) is 0.812. The van der Waals surface area contributed by atoms with Crippen molar-refractivity contribution < 1.29 is 18.0 Å². The molecule has 1 aromatic rings. The fourth-order valence-corrected chi connectivity index (χ4v) is 1.44. The number of halogens is 3. The smallest absolute Gasteiger partial charge is 0.384 e. The predicted molar refractivity (Wildman–Crippen MR) is 59.5 cm³/mol. The molecule has 0 aliphatic heterocycles. The van der Waals surface area contributed by atoms with E-state index in [1.54, 1.807) is 6.07 Å². The van der Waals surface area contributed by atoms with E-state index < -0.39 is 11.4 Å². The molecule has 0 unspecified atom stereocenters. The zero-order valence-electron chi connectivity index (χ0n) is 8.62. The molecule has 94 valence electrons. The Morgan fingerprint density at radius 1 is 1.47 bits per heavy atom. The van der Waals surface area contributed by atoms with Crippen molar-refractivity contribution in [2.45, 2.75) is 5.51 Å². The van der Waals surface area contributed by atoms with Crippen LogP contribution in [0.4, 0.5) is 19.0 Å². The summed E-state index contributed by atoms with van der Waals surface area (Å²) in [6.45, 7) is -0.0838. The predicted octanol–water partition coefficient (Wildman–Crippen LogP) is 1.65. The van der Waals surface area contributed by atoms with Gasteiger partial charge >= 0.3 is 5.51 Å². The van der Waals surface area contributed by atoms with Crippen molar-refractivity contribution in [2.24, 2.45) is 0 Å². The molecule has 1 rings (SSSR count). The number of aromatic nitrogens is 1. The molecule has 0 aliphatic carbocycles. The first-order chi connectivity index (χ1) is 7.88. The summed E-state index contributed by atoms with van der Waals surface area (Å²) in [6, 6.07) is 4.49. The number of hydrogen-bond donors (Lipinski definition) is 2. The molecule has 4 nitrogen and oxygen atoms in total. The number of nitrogens with two attached hydrogens (primary N) is 1. The van der Waals surface area contributed by atoms with E-state index in [1.165, 1.54) is 12.1 Å². The Hall–Kier alpha value is -1.44. The van der Waals surface area contributed by atoms with Crippen molar-refractivity contribution in [2.75, 3.05) is 18.0 Å². The molecular formula is C9H10F3N3OS. The SMILES string of the molecule is Nc1cccc(C(=O)NCCSC(F)(F)F)n1. The summed E-state index contributed by atoms with van der Waals surface area (Å²) in [7, 11) is 0. The monoisotopic (exact) mass is 265 g/mol. The summed E-state index contributed by atoms with van der Waals surface area (Å²) in [5.74, 6) is -0.597. The van der Waals surface area contributed by atoms with E-state index >= 15 is 0 Å². The van der Waals surface area contributed by atoms with Crippen LogP contribution in [-0.2, 0) is 0 Å². The van der Waals surface area contributed by atoms with E-state index in [-0.39, 0.29) is 35.6 Å². The molecule has 0 saturated carbocycles. The minimum Gasteiger partial charge on any atom is -0.384 e. The fraction of sp³-hybridized carbons (Fsp3) is 0.333. The Morgan fingerprint density at radius 2 is 2.18 bits per heavy atom. The number of hydrogen-bond acceptors (Lipinski definition) is 4. The van der Waals surface area contributed by atoms with Gasteiger partial charge in [-0.1, -0.05) is 6.07 Å². The summed E-state index contributed by atoms with van der Waals surface area (Å²) in [5.41, 5.74) is 1.17. The van der Waals surface area contributed by atoms with Crippen molar-refractivity contribution in [1.29, 1.82) is 0 Å². The number of nitrogen functional groups attached to an aromatic ring is 1. The number of carbonyl (C=O) groups excluding carboxylic acids is 1. The van der Waals surface area contributed by atoms with Crippen LogP contribution in [0.3, 0.4) is 0 Å². The Morgan fingerprint density at radius 3 is 2.76 bits per heavy atom. The third-order valence-corrected chi connectivity index (χ3v) is 2.39. The van der Waals surface area contributed by atoms with Gasteiger partial charge in [0.2, 0.25) is 0 Å². The standard InChI is InChI=1S/C9H10F3N3OS/c10-9(11,12)17-5-4-14-8(16)6-2-1-3-7(13)15-6/h1-3H,4-5H2,(H2,13,15)(H,14,16). The highest BCUT2D eigenvalue weighted by Gasteiger charge is 2.27. The molecule has 0 radical (unpaired) electrons. The number of anilines is 1. The third kappa shape index (κ3) is 5.43. The first-order valence-corrected chi connectivity index (χ1v) is 5.58. The van der Waals surface area contributed by atoms with Crippen LogP contribution in [-0.4, -0.2) is 28.7 Å². The number of nitrogens with one attached hydrogen (secondary N) is 1. The average molecular weight is 265 g/mol. The first-order valence-electron chi connectivity index (χ1n) is 4.60. The van der Waals surface area contributed by atoms with Crippen molar-refractivity contribution in [3.63, 3.8) is 0 Å². The molecule has 0 saturated heterocycles. The molecule has 0 aromatic carbocycles. The van der Waals surface area contributed by atoms with Crippen molar-refractivity contribution in [1.82, 2.24) is 10.3 Å². The molecule has 0 fully saturated rings. The molecule has 1 aromatic heterocycles. The highest BCUT2D eigenvalue weighted by Crippen LogP contribution is 2.29. The number of alkyl halides is 3. The molecule has 0 spiro atoms. The van der Waals surface area contributed by atoms with Gasteiger partial charge in [0.1, 0.15) is 11.5 Å². The lowest BCUT2D eigenvalue weighted by Crippen LogP contribution is -2.27. The van der Waals surface area contributed by atoms with Crippen LogP contribution in [0, 0.1) is 0 Å². The Balaban J connectivity index is 2.36. The van der Waals surface area contributed by atoms with Gasteiger partial charge in [0.05, 0.1) is 0 Å². The number of nitrogens with zero attached hydrogens (tertiary/aromatic N) is 1. The van der Waals surface area contributed by atoms with Gasteiger partial charge in [-0.05, 0) is 23.9 Å². The second kappa shape index (κ2) is 5.76. The van der Waals surface area contributed by atoms with Crippen LogP contribution in [0.5, 0.6) is 0 Å². The number of thioether (sulfide) groups is 1. The Labute approximate surface area is 99.8 Å². The minimum atomic E-state index is -4.28. The normalized spacial score (nSPS) is 11.2. The van der Waals surface area contributed by atoms with E-state index in [0.717, 1.165) is 0 Å². The van der Waals surface area contributed by atoms with Crippen LogP contribution < -0.4 is 11.1 Å². The molecule has 1 amide bonds. The fourth-order valence-electron chi connectivity index (χ4n) is 1.000. The first kappa shape index (κ1) is 13.6. The van der Waals surface area contributed by atoms with E-state index in [1.807, 2.05) is 0 Å². The average Bonchev–Trinajstić information content (AvgIpc) is 2.23. The number of pyridine rings is 1. The number of carbonyl (C=O) groups is 1.